The third-order valence-corrected chi connectivity index (χ3v) is 1.49. The first kappa shape index (κ1) is 7.07. The lowest BCUT2D eigenvalue weighted by atomic mass is 10.1. The van der Waals surface area contributed by atoms with Gasteiger partial charge in [-0.15, -0.1) is 0 Å². The number of hydrogen-bond acceptors (Lipinski definition) is 0. The van der Waals surface area contributed by atoms with Crippen LogP contribution in [0.15, 0.2) is 48.6 Å². The minimum Gasteiger partial charge on any atom is -0.0991 e. The Bertz CT molecular complexity index is 192. The molecule has 1 rings (SSSR count). The van der Waals surface area contributed by atoms with E-state index in [2.05, 4.69) is 30.9 Å². The minimum absolute atomic E-state index is 1.17. The van der Waals surface area contributed by atoms with Crippen LogP contribution in [0.4, 0.5) is 0 Å². The summed E-state index contributed by atoms with van der Waals surface area (Å²) in [5, 5.41) is 0. The Morgan fingerprint density at radius 3 is 3.00 bits per heavy atom. The lowest BCUT2D eigenvalue weighted by Gasteiger charge is -2.01. The first-order valence-corrected chi connectivity index (χ1v) is 3.58. The first-order valence-electron chi connectivity index (χ1n) is 3.58. The number of rotatable bonds is 2. The monoisotopic (exact) mass is 132 g/mol. The predicted molar refractivity (Wildman–Crippen MR) is 45.8 cm³/mol. The van der Waals surface area contributed by atoms with Gasteiger partial charge >= 0.3 is 0 Å². The average Bonchev–Trinajstić information content (AvgIpc) is 2.03. The van der Waals surface area contributed by atoms with Gasteiger partial charge in [0, 0.05) is 0 Å². The summed E-state index contributed by atoms with van der Waals surface area (Å²) in [5.74, 6) is 0. The Morgan fingerprint density at radius 2 is 2.40 bits per heavy atom. The highest BCUT2D eigenvalue weighted by Crippen LogP contribution is 2.12. The van der Waals surface area contributed by atoms with E-state index >= 15 is 0 Å². The van der Waals surface area contributed by atoms with Gasteiger partial charge < -0.3 is 0 Å². The van der Waals surface area contributed by atoms with Crippen LogP contribution >= 0.6 is 0 Å². The van der Waals surface area contributed by atoms with Crippen LogP contribution in [0.25, 0.3) is 0 Å². The van der Waals surface area contributed by atoms with Gasteiger partial charge in [-0.2, -0.15) is 0 Å². The second-order valence-corrected chi connectivity index (χ2v) is 2.30. The summed E-state index contributed by atoms with van der Waals surface area (Å²) in [4.78, 5) is 0. The summed E-state index contributed by atoms with van der Waals surface area (Å²) in [7, 11) is 0. The Hall–Kier alpha value is -1.04. The Morgan fingerprint density at radius 1 is 1.50 bits per heavy atom. The highest BCUT2D eigenvalue weighted by Gasteiger charge is 1.92. The fraction of sp³-hybridized carbons (Fsp3) is 0.200. The normalized spacial score (nSPS) is 17.4. The molecule has 0 aliphatic heterocycles. The van der Waals surface area contributed by atoms with Crippen LogP contribution in [-0.2, 0) is 0 Å². The van der Waals surface area contributed by atoms with E-state index in [1.807, 2.05) is 6.08 Å². The summed E-state index contributed by atoms with van der Waals surface area (Å²) in [5.41, 5.74) is 1.39. The smallest absolute Gasteiger partial charge is 0.0244 e. The SMILES string of the molecule is C=CC=CC1=CC=CCC1. The van der Waals surface area contributed by atoms with Gasteiger partial charge in [-0.1, -0.05) is 43.0 Å². The van der Waals surface area contributed by atoms with Gasteiger partial charge in [0.15, 0.2) is 0 Å². The molecule has 0 saturated carbocycles. The van der Waals surface area contributed by atoms with Gasteiger partial charge in [0.1, 0.15) is 0 Å². The van der Waals surface area contributed by atoms with Crippen molar-refractivity contribution >= 4 is 0 Å². The average molecular weight is 132 g/mol. The molecule has 0 unspecified atom stereocenters. The Kier molecular flexibility index (Phi) is 2.75. The predicted octanol–water partition coefficient (Wildman–Crippen LogP) is 3.01. The molecule has 1 aliphatic carbocycles. The third kappa shape index (κ3) is 2.06. The van der Waals surface area contributed by atoms with Crippen molar-refractivity contribution < 1.29 is 0 Å². The Balaban J connectivity index is 2.54. The van der Waals surface area contributed by atoms with Crippen molar-refractivity contribution in [3.05, 3.63) is 48.6 Å². The van der Waals surface area contributed by atoms with E-state index in [1.54, 1.807) is 6.08 Å². The summed E-state index contributed by atoms with van der Waals surface area (Å²) in [6, 6.07) is 0. The van der Waals surface area contributed by atoms with E-state index in [0.717, 1.165) is 0 Å². The fourth-order valence-corrected chi connectivity index (χ4v) is 0.952. The van der Waals surface area contributed by atoms with Crippen LogP contribution in [-0.4, -0.2) is 0 Å². The van der Waals surface area contributed by atoms with Crippen LogP contribution in [0.5, 0.6) is 0 Å². The summed E-state index contributed by atoms with van der Waals surface area (Å²) < 4.78 is 0. The molecule has 0 bridgehead atoms. The molecule has 52 valence electrons. The molecule has 0 aromatic carbocycles. The van der Waals surface area contributed by atoms with Crippen LogP contribution in [0, 0.1) is 0 Å². The van der Waals surface area contributed by atoms with Crippen LogP contribution < -0.4 is 0 Å². The molecule has 0 N–H and O–H groups in total. The molecule has 0 heteroatoms. The second kappa shape index (κ2) is 3.89. The summed E-state index contributed by atoms with van der Waals surface area (Å²) in [6.45, 7) is 3.61. The number of hydrogen-bond donors (Lipinski definition) is 0. The molecular weight excluding hydrogens is 120 g/mol. The topological polar surface area (TPSA) is 0 Å². The molecule has 0 amide bonds. The van der Waals surface area contributed by atoms with E-state index in [1.165, 1.54) is 18.4 Å². The molecule has 0 fully saturated rings. The van der Waals surface area contributed by atoms with Crippen molar-refractivity contribution in [1.82, 2.24) is 0 Å². The molecule has 0 spiro atoms. The molecule has 0 aromatic heterocycles. The van der Waals surface area contributed by atoms with Crippen molar-refractivity contribution in [2.24, 2.45) is 0 Å². The van der Waals surface area contributed by atoms with Crippen LogP contribution in [0.3, 0.4) is 0 Å². The highest BCUT2D eigenvalue weighted by atomic mass is 14.0. The van der Waals surface area contributed by atoms with Crippen molar-refractivity contribution in [2.75, 3.05) is 0 Å². The van der Waals surface area contributed by atoms with E-state index < -0.39 is 0 Å². The standard InChI is InChI=1S/C10H12/c1-2-3-7-10-8-5-4-6-9-10/h2-5,7-8H,1,6,9H2. The van der Waals surface area contributed by atoms with Gasteiger partial charge in [0.2, 0.25) is 0 Å². The van der Waals surface area contributed by atoms with Gasteiger partial charge in [-0.25, -0.2) is 0 Å². The van der Waals surface area contributed by atoms with E-state index in [-0.39, 0.29) is 0 Å². The Labute approximate surface area is 62.3 Å². The van der Waals surface area contributed by atoms with E-state index in [4.69, 9.17) is 0 Å². The molecule has 10 heavy (non-hydrogen) atoms. The van der Waals surface area contributed by atoms with Gasteiger partial charge in [-0.3, -0.25) is 0 Å². The lowest BCUT2D eigenvalue weighted by molar-refractivity contribution is 0.991. The molecule has 0 saturated heterocycles. The maximum atomic E-state index is 3.61. The molecule has 0 aromatic rings. The van der Waals surface area contributed by atoms with Crippen LogP contribution in [0.1, 0.15) is 12.8 Å². The summed E-state index contributed by atoms with van der Waals surface area (Å²) in [6.07, 6.45) is 14.7. The second-order valence-electron chi connectivity index (χ2n) is 2.30. The van der Waals surface area contributed by atoms with Gasteiger partial charge in [-0.05, 0) is 18.4 Å². The van der Waals surface area contributed by atoms with E-state index in [0.29, 0.717) is 0 Å². The molecule has 0 atom stereocenters. The molecular formula is C10H12. The minimum atomic E-state index is 1.17. The van der Waals surface area contributed by atoms with Crippen molar-refractivity contribution in [3.63, 3.8) is 0 Å². The lowest BCUT2D eigenvalue weighted by Crippen LogP contribution is -1.81. The molecule has 1 aliphatic rings. The maximum Gasteiger partial charge on any atom is -0.0244 e. The largest absolute Gasteiger partial charge is 0.0991 e. The number of allylic oxidation sites excluding steroid dienone is 7. The van der Waals surface area contributed by atoms with Gasteiger partial charge in [0.25, 0.3) is 0 Å². The van der Waals surface area contributed by atoms with E-state index in [9.17, 15) is 0 Å². The van der Waals surface area contributed by atoms with Crippen LogP contribution in [0.2, 0.25) is 0 Å². The first-order chi connectivity index (χ1) is 4.93. The van der Waals surface area contributed by atoms with Crippen molar-refractivity contribution in [1.29, 1.82) is 0 Å². The van der Waals surface area contributed by atoms with Gasteiger partial charge in [0.05, 0.1) is 0 Å². The third-order valence-electron chi connectivity index (χ3n) is 1.49. The molecule has 0 nitrogen and oxygen atoms in total. The summed E-state index contributed by atoms with van der Waals surface area (Å²) >= 11 is 0. The molecule has 0 radical (unpaired) electrons. The maximum absolute atomic E-state index is 3.61. The highest BCUT2D eigenvalue weighted by molar-refractivity contribution is 5.28. The fourth-order valence-electron chi connectivity index (χ4n) is 0.952. The zero-order valence-electron chi connectivity index (χ0n) is 6.09. The zero-order valence-corrected chi connectivity index (χ0v) is 6.09. The quantitative estimate of drug-likeness (QED) is 0.507. The molecule has 0 heterocycles. The van der Waals surface area contributed by atoms with Crippen molar-refractivity contribution in [3.8, 4) is 0 Å². The van der Waals surface area contributed by atoms with Crippen molar-refractivity contribution in [2.45, 2.75) is 12.8 Å². The zero-order chi connectivity index (χ0) is 7.23.